The summed E-state index contributed by atoms with van der Waals surface area (Å²) in [5.74, 6) is -0.178. The van der Waals surface area contributed by atoms with Crippen LogP contribution in [0.15, 0.2) is 24.3 Å². The molecule has 0 aliphatic carbocycles. The van der Waals surface area contributed by atoms with E-state index in [2.05, 4.69) is 0 Å². The molecule has 1 N–H and O–H groups in total. The van der Waals surface area contributed by atoms with Crippen LogP contribution in [0.25, 0.3) is 0 Å². The topological polar surface area (TPSA) is 60.9 Å². The molecule has 1 fully saturated rings. The average Bonchev–Trinajstić information content (AvgIpc) is 2.42. The quantitative estimate of drug-likeness (QED) is 0.881. The summed E-state index contributed by atoms with van der Waals surface area (Å²) in [6.07, 6.45) is -0.763. The summed E-state index contributed by atoms with van der Waals surface area (Å²) in [6, 6.07) is 7.52. The zero-order valence-electron chi connectivity index (χ0n) is 11.9. The highest BCUT2D eigenvalue weighted by Crippen LogP contribution is 2.19. The van der Waals surface area contributed by atoms with Crippen LogP contribution in [-0.4, -0.2) is 52.9 Å². The van der Waals surface area contributed by atoms with Gasteiger partial charge in [0.15, 0.2) is 0 Å². The number of aliphatic hydroxyl groups is 1. The lowest BCUT2D eigenvalue weighted by molar-refractivity contribution is -0.151. The van der Waals surface area contributed by atoms with Gasteiger partial charge in [0.25, 0.3) is 0 Å². The van der Waals surface area contributed by atoms with E-state index in [-0.39, 0.29) is 31.4 Å². The third-order valence-electron chi connectivity index (χ3n) is 3.68. The molecular formula is C15H20N2O3. The van der Waals surface area contributed by atoms with E-state index in [1.54, 1.807) is 0 Å². The number of piperazine rings is 1. The summed E-state index contributed by atoms with van der Waals surface area (Å²) in [5, 5.41) is 10.3. The van der Waals surface area contributed by atoms with Gasteiger partial charge in [0.2, 0.25) is 11.8 Å². The number of aryl methyl sites for hydroxylation is 1. The number of aliphatic hydroxyl groups excluding tert-OH is 1. The van der Waals surface area contributed by atoms with Crippen molar-refractivity contribution in [2.24, 2.45) is 0 Å². The molecule has 0 radical (unpaired) electrons. The minimum atomic E-state index is -0.763. The van der Waals surface area contributed by atoms with Crippen LogP contribution in [0, 0.1) is 6.92 Å². The zero-order chi connectivity index (χ0) is 14.7. The lowest BCUT2D eigenvalue weighted by Crippen LogP contribution is -2.54. The van der Waals surface area contributed by atoms with Gasteiger partial charge in [-0.1, -0.05) is 24.3 Å². The fraction of sp³-hybridized carbons (Fsp3) is 0.467. The molecule has 5 heteroatoms. The summed E-state index contributed by atoms with van der Waals surface area (Å²) >= 11 is 0. The van der Waals surface area contributed by atoms with Gasteiger partial charge in [0.05, 0.1) is 25.7 Å². The first-order chi connectivity index (χ1) is 9.52. The summed E-state index contributed by atoms with van der Waals surface area (Å²) in [5.41, 5.74) is 1.77. The van der Waals surface area contributed by atoms with E-state index in [1.807, 2.05) is 38.1 Å². The Morgan fingerprint density at radius 2 is 1.75 bits per heavy atom. The maximum atomic E-state index is 12.0. The molecule has 0 aromatic heterocycles. The Morgan fingerprint density at radius 1 is 1.15 bits per heavy atom. The summed E-state index contributed by atoms with van der Waals surface area (Å²) in [7, 11) is 0. The van der Waals surface area contributed by atoms with Crippen molar-refractivity contribution in [1.29, 1.82) is 0 Å². The molecule has 0 bridgehead atoms. The van der Waals surface area contributed by atoms with E-state index in [9.17, 15) is 14.7 Å². The molecule has 2 rings (SSSR count). The van der Waals surface area contributed by atoms with E-state index >= 15 is 0 Å². The Balaban J connectivity index is 2.05. The third kappa shape index (κ3) is 2.99. The SMILES string of the molecule is CCN1CC(=O)N(CC(O)c2ccccc2C)CC1=O. The van der Waals surface area contributed by atoms with Crippen LogP contribution in [0.2, 0.25) is 0 Å². The molecule has 20 heavy (non-hydrogen) atoms. The van der Waals surface area contributed by atoms with Crippen LogP contribution < -0.4 is 0 Å². The summed E-state index contributed by atoms with van der Waals surface area (Å²) in [4.78, 5) is 26.8. The normalized spacial score (nSPS) is 17.6. The highest BCUT2D eigenvalue weighted by molar-refractivity contribution is 5.92. The smallest absolute Gasteiger partial charge is 0.242 e. The number of carbonyl (C=O) groups excluding carboxylic acids is 2. The van der Waals surface area contributed by atoms with Gasteiger partial charge in [-0.25, -0.2) is 0 Å². The molecule has 2 amide bonds. The second-order valence-corrected chi connectivity index (χ2v) is 5.05. The standard InChI is InChI=1S/C15H20N2O3/c1-3-16-9-15(20)17(10-14(16)19)8-13(18)12-7-5-4-6-11(12)2/h4-7,13,18H,3,8-10H2,1-2H3. The van der Waals surface area contributed by atoms with Gasteiger partial charge in [-0.05, 0) is 25.0 Å². The van der Waals surface area contributed by atoms with Crippen molar-refractivity contribution in [2.45, 2.75) is 20.0 Å². The van der Waals surface area contributed by atoms with Crippen molar-refractivity contribution in [3.05, 3.63) is 35.4 Å². The number of nitrogens with zero attached hydrogens (tertiary/aromatic N) is 2. The van der Waals surface area contributed by atoms with Gasteiger partial charge in [-0.3, -0.25) is 9.59 Å². The molecule has 1 aromatic carbocycles. The minimum Gasteiger partial charge on any atom is -0.387 e. The van der Waals surface area contributed by atoms with E-state index in [0.29, 0.717) is 6.54 Å². The van der Waals surface area contributed by atoms with E-state index < -0.39 is 6.10 Å². The number of hydrogen-bond donors (Lipinski definition) is 1. The molecule has 1 atom stereocenters. The Kier molecular flexibility index (Phi) is 4.39. The van der Waals surface area contributed by atoms with E-state index in [1.165, 1.54) is 9.80 Å². The van der Waals surface area contributed by atoms with Crippen molar-refractivity contribution in [3.63, 3.8) is 0 Å². The highest BCUT2D eigenvalue weighted by atomic mass is 16.3. The van der Waals surface area contributed by atoms with Gasteiger partial charge in [0, 0.05) is 6.54 Å². The molecule has 5 nitrogen and oxygen atoms in total. The van der Waals surface area contributed by atoms with Gasteiger partial charge in [0.1, 0.15) is 0 Å². The van der Waals surface area contributed by atoms with Crippen LogP contribution >= 0.6 is 0 Å². The van der Waals surface area contributed by atoms with Crippen molar-refractivity contribution >= 4 is 11.8 Å². The second kappa shape index (κ2) is 6.05. The maximum absolute atomic E-state index is 12.0. The van der Waals surface area contributed by atoms with Crippen LogP contribution in [0.3, 0.4) is 0 Å². The lowest BCUT2D eigenvalue weighted by Gasteiger charge is -2.34. The number of amides is 2. The fourth-order valence-corrected chi connectivity index (χ4v) is 2.43. The van der Waals surface area contributed by atoms with Crippen molar-refractivity contribution in [3.8, 4) is 0 Å². The summed E-state index contributed by atoms with van der Waals surface area (Å²) < 4.78 is 0. The van der Waals surface area contributed by atoms with Crippen molar-refractivity contribution in [2.75, 3.05) is 26.2 Å². The maximum Gasteiger partial charge on any atom is 0.242 e. The lowest BCUT2D eigenvalue weighted by atomic mass is 10.0. The first-order valence-corrected chi connectivity index (χ1v) is 6.82. The molecule has 0 spiro atoms. The van der Waals surface area contributed by atoms with Crippen molar-refractivity contribution < 1.29 is 14.7 Å². The number of benzene rings is 1. The molecule has 1 aromatic rings. The largest absolute Gasteiger partial charge is 0.387 e. The van der Waals surface area contributed by atoms with Gasteiger partial charge < -0.3 is 14.9 Å². The first-order valence-electron chi connectivity index (χ1n) is 6.82. The Labute approximate surface area is 118 Å². The van der Waals surface area contributed by atoms with Crippen LogP contribution in [0.4, 0.5) is 0 Å². The predicted molar refractivity (Wildman–Crippen MR) is 75.0 cm³/mol. The molecule has 108 valence electrons. The van der Waals surface area contributed by atoms with Crippen LogP contribution in [-0.2, 0) is 9.59 Å². The number of rotatable bonds is 4. The summed E-state index contributed by atoms with van der Waals surface area (Å²) in [6.45, 7) is 4.63. The minimum absolute atomic E-state index is 0.0512. The Hall–Kier alpha value is -1.88. The first kappa shape index (κ1) is 14.5. The number of likely N-dealkylation sites (N-methyl/N-ethyl adjacent to an activating group) is 1. The molecule has 1 aliphatic heterocycles. The van der Waals surface area contributed by atoms with Gasteiger partial charge in [-0.15, -0.1) is 0 Å². The average molecular weight is 276 g/mol. The van der Waals surface area contributed by atoms with Crippen LogP contribution in [0.1, 0.15) is 24.2 Å². The Morgan fingerprint density at radius 3 is 2.40 bits per heavy atom. The van der Waals surface area contributed by atoms with E-state index in [0.717, 1.165) is 11.1 Å². The molecular weight excluding hydrogens is 256 g/mol. The third-order valence-corrected chi connectivity index (χ3v) is 3.68. The number of carbonyl (C=O) groups is 2. The number of hydrogen-bond acceptors (Lipinski definition) is 3. The van der Waals surface area contributed by atoms with Crippen molar-refractivity contribution in [1.82, 2.24) is 9.80 Å². The molecule has 1 heterocycles. The molecule has 1 saturated heterocycles. The fourth-order valence-electron chi connectivity index (χ4n) is 2.43. The number of β-amino-alcohol motifs (C(OH)–C–C–N with tert-alkyl or cyclic N) is 1. The molecule has 0 saturated carbocycles. The highest BCUT2D eigenvalue weighted by Gasteiger charge is 2.30. The molecule has 1 aliphatic rings. The monoisotopic (exact) mass is 276 g/mol. The second-order valence-electron chi connectivity index (χ2n) is 5.05. The van der Waals surface area contributed by atoms with Gasteiger partial charge in [-0.2, -0.15) is 0 Å². The van der Waals surface area contributed by atoms with Crippen LogP contribution in [0.5, 0.6) is 0 Å². The van der Waals surface area contributed by atoms with Gasteiger partial charge >= 0.3 is 0 Å². The molecule has 1 unspecified atom stereocenters. The van der Waals surface area contributed by atoms with E-state index in [4.69, 9.17) is 0 Å². The Bertz CT molecular complexity index is 516. The zero-order valence-corrected chi connectivity index (χ0v) is 11.9. The predicted octanol–water partition coefficient (Wildman–Crippen LogP) is 0.719.